The summed E-state index contributed by atoms with van der Waals surface area (Å²) in [6.45, 7) is 6.21. The molecule has 9 heteroatoms. The third kappa shape index (κ3) is 3.65. The maximum atomic E-state index is 12.3. The predicted octanol–water partition coefficient (Wildman–Crippen LogP) is 2.98. The van der Waals surface area contributed by atoms with E-state index in [0.717, 1.165) is 6.07 Å². The summed E-state index contributed by atoms with van der Waals surface area (Å²) in [5, 5.41) is 10.7. The van der Waals surface area contributed by atoms with Gasteiger partial charge in [0.25, 0.3) is 15.7 Å². The standard InChI is InChI=1S/C10H15ClN2O4S2/c1-4-12(6-7(2)3)19(16,17)9-5-8(13(14)15)10(11)18-9/h5,7H,4,6H2,1-3H3. The van der Waals surface area contributed by atoms with Crippen LogP contribution in [0.3, 0.4) is 0 Å². The third-order valence-corrected chi connectivity index (χ3v) is 6.09. The Labute approximate surface area is 121 Å². The molecular formula is C10H15ClN2O4S2. The molecule has 0 N–H and O–H groups in total. The molecule has 0 bridgehead atoms. The van der Waals surface area contributed by atoms with E-state index in [0.29, 0.717) is 24.4 Å². The Bertz CT molecular complexity index is 568. The lowest BCUT2D eigenvalue weighted by Crippen LogP contribution is -2.33. The maximum absolute atomic E-state index is 12.3. The number of thiophene rings is 1. The maximum Gasteiger partial charge on any atom is 0.300 e. The Morgan fingerprint density at radius 1 is 1.53 bits per heavy atom. The van der Waals surface area contributed by atoms with Crippen molar-refractivity contribution < 1.29 is 13.3 Å². The Morgan fingerprint density at radius 2 is 2.11 bits per heavy atom. The second-order valence-electron chi connectivity index (χ2n) is 4.33. The average Bonchev–Trinajstić information content (AvgIpc) is 2.68. The van der Waals surface area contributed by atoms with Crippen molar-refractivity contribution in [1.82, 2.24) is 4.31 Å². The van der Waals surface area contributed by atoms with E-state index >= 15 is 0 Å². The largest absolute Gasteiger partial charge is 0.300 e. The number of nitro groups is 1. The lowest BCUT2D eigenvalue weighted by molar-refractivity contribution is -0.384. The topological polar surface area (TPSA) is 80.5 Å². The molecule has 0 aliphatic heterocycles. The zero-order valence-corrected chi connectivity index (χ0v) is 13.2. The Morgan fingerprint density at radius 3 is 2.47 bits per heavy atom. The fraction of sp³-hybridized carbons (Fsp3) is 0.600. The van der Waals surface area contributed by atoms with Gasteiger partial charge in [-0.25, -0.2) is 8.42 Å². The number of hydrogen-bond acceptors (Lipinski definition) is 5. The van der Waals surface area contributed by atoms with Gasteiger partial charge in [0.2, 0.25) is 0 Å². The summed E-state index contributed by atoms with van der Waals surface area (Å²) < 4.78 is 25.8. The second-order valence-corrected chi connectivity index (χ2v) is 8.15. The molecule has 108 valence electrons. The zero-order valence-electron chi connectivity index (χ0n) is 10.8. The van der Waals surface area contributed by atoms with Crippen molar-refractivity contribution in [3.8, 4) is 0 Å². The van der Waals surface area contributed by atoms with E-state index in [1.54, 1.807) is 6.92 Å². The van der Waals surface area contributed by atoms with Gasteiger partial charge in [0, 0.05) is 19.2 Å². The lowest BCUT2D eigenvalue weighted by atomic mass is 10.2. The van der Waals surface area contributed by atoms with Gasteiger partial charge in [-0.05, 0) is 5.92 Å². The van der Waals surface area contributed by atoms with Crippen LogP contribution >= 0.6 is 22.9 Å². The smallest absolute Gasteiger partial charge is 0.258 e. The van der Waals surface area contributed by atoms with E-state index in [4.69, 9.17) is 11.6 Å². The highest BCUT2D eigenvalue weighted by atomic mass is 35.5. The molecule has 0 aliphatic rings. The van der Waals surface area contributed by atoms with E-state index in [1.165, 1.54) is 4.31 Å². The SMILES string of the molecule is CCN(CC(C)C)S(=O)(=O)c1cc([N+](=O)[O-])c(Cl)s1. The van der Waals surface area contributed by atoms with Gasteiger partial charge < -0.3 is 0 Å². The van der Waals surface area contributed by atoms with E-state index in [9.17, 15) is 18.5 Å². The first-order chi connectivity index (χ1) is 8.70. The van der Waals surface area contributed by atoms with Gasteiger partial charge in [0.1, 0.15) is 4.21 Å². The molecule has 1 heterocycles. The zero-order chi connectivity index (χ0) is 14.8. The summed E-state index contributed by atoms with van der Waals surface area (Å²) in [7, 11) is -3.72. The summed E-state index contributed by atoms with van der Waals surface area (Å²) >= 11 is 6.41. The van der Waals surface area contributed by atoms with Gasteiger partial charge in [-0.15, -0.1) is 11.3 Å². The fourth-order valence-electron chi connectivity index (χ4n) is 1.52. The first kappa shape index (κ1) is 16.4. The van der Waals surface area contributed by atoms with Crippen LogP contribution in [0.4, 0.5) is 5.69 Å². The molecule has 0 aliphatic carbocycles. The van der Waals surface area contributed by atoms with E-state index in [-0.39, 0.29) is 20.2 Å². The van der Waals surface area contributed by atoms with Crippen LogP contribution in [0.1, 0.15) is 20.8 Å². The van der Waals surface area contributed by atoms with Crippen molar-refractivity contribution >= 4 is 38.6 Å². The minimum absolute atomic E-state index is 0.0910. The van der Waals surface area contributed by atoms with Gasteiger partial charge >= 0.3 is 0 Å². The summed E-state index contributed by atoms with van der Waals surface area (Å²) in [5.74, 6) is 0.167. The Hall–Kier alpha value is -0.700. The number of sulfonamides is 1. The minimum atomic E-state index is -3.72. The van der Waals surface area contributed by atoms with Crippen molar-refractivity contribution in [3.05, 3.63) is 20.5 Å². The first-order valence-corrected chi connectivity index (χ1v) is 8.27. The van der Waals surface area contributed by atoms with Gasteiger partial charge in [-0.1, -0.05) is 32.4 Å². The highest BCUT2D eigenvalue weighted by Crippen LogP contribution is 2.37. The number of hydrogen-bond donors (Lipinski definition) is 0. The van der Waals surface area contributed by atoms with Crippen LogP contribution in [0.25, 0.3) is 0 Å². The van der Waals surface area contributed by atoms with Crippen molar-refractivity contribution in [3.63, 3.8) is 0 Å². The monoisotopic (exact) mass is 326 g/mol. The quantitative estimate of drug-likeness (QED) is 0.594. The molecular weight excluding hydrogens is 312 g/mol. The average molecular weight is 327 g/mol. The van der Waals surface area contributed by atoms with Gasteiger partial charge in [0.15, 0.2) is 4.34 Å². The molecule has 0 saturated carbocycles. The van der Waals surface area contributed by atoms with Crippen LogP contribution in [-0.4, -0.2) is 30.7 Å². The molecule has 0 aromatic carbocycles. The molecule has 0 fully saturated rings. The van der Waals surface area contributed by atoms with E-state index < -0.39 is 14.9 Å². The normalized spacial score (nSPS) is 12.3. The summed E-state index contributed by atoms with van der Waals surface area (Å²) in [4.78, 5) is 10.0. The number of halogens is 1. The van der Waals surface area contributed by atoms with Crippen LogP contribution in [0.15, 0.2) is 10.3 Å². The van der Waals surface area contributed by atoms with Crippen LogP contribution in [-0.2, 0) is 10.0 Å². The molecule has 0 radical (unpaired) electrons. The highest BCUT2D eigenvalue weighted by Gasteiger charge is 2.29. The molecule has 0 saturated heterocycles. The van der Waals surface area contributed by atoms with Gasteiger partial charge in [0.05, 0.1) is 4.92 Å². The van der Waals surface area contributed by atoms with Crippen LogP contribution in [0.2, 0.25) is 4.34 Å². The van der Waals surface area contributed by atoms with E-state index in [1.807, 2.05) is 13.8 Å². The molecule has 6 nitrogen and oxygen atoms in total. The molecule has 1 aromatic heterocycles. The number of nitrogens with zero attached hydrogens (tertiary/aromatic N) is 2. The third-order valence-electron chi connectivity index (χ3n) is 2.36. The fourth-order valence-corrected chi connectivity index (χ4v) is 4.95. The molecule has 1 rings (SSSR count). The van der Waals surface area contributed by atoms with Crippen molar-refractivity contribution in [2.45, 2.75) is 25.0 Å². The molecule has 19 heavy (non-hydrogen) atoms. The summed E-state index contributed by atoms with van der Waals surface area (Å²) in [6.07, 6.45) is 0. The van der Waals surface area contributed by atoms with Crippen molar-refractivity contribution in [2.75, 3.05) is 13.1 Å². The number of rotatable bonds is 6. The van der Waals surface area contributed by atoms with Crippen LogP contribution in [0.5, 0.6) is 0 Å². The lowest BCUT2D eigenvalue weighted by Gasteiger charge is -2.21. The molecule has 0 atom stereocenters. The molecule has 0 amide bonds. The van der Waals surface area contributed by atoms with Crippen LogP contribution in [0, 0.1) is 16.0 Å². The minimum Gasteiger partial charge on any atom is -0.258 e. The van der Waals surface area contributed by atoms with Crippen LogP contribution < -0.4 is 0 Å². The Kier molecular flexibility index (Phi) is 5.31. The second kappa shape index (κ2) is 6.17. The summed E-state index contributed by atoms with van der Waals surface area (Å²) in [6, 6.07) is 1.02. The van der Waals surface area contributed by atoms with Gasteiger partial charge in [-0.2, -0.15) is 4.31 Å². The van der Waals surface area contributed by atoms with E-state index in [2.05, 4.69) is 0 Å². The molecule has 0 spiro atoms. The predicted molar refractivity (Wildman–Crippen MR) is 75.3 cm³/mol. The first-order valence-electron chi connectivity index (χ1n) is 5.64. The van der Waals surface area contributed by atoms with Gasteiger partial charge in [-0.3, -0.25) is 10.1 Å². The molecule has 1 aromatic rings. The Balaban J connectivity index is 3.19. The summed E-state index contributed by atoms with van der Waals surface area (Å²) in [5.41, 5.74) is -0.370. The van der Waals surface area contributed by atoms with Crippen molar-refractivity contribution in [1.29, 1.82) is 0 Å². The van der Waals surface area contributed by atoms with Crippen molar-refractivity contribution in [2.24, 2.45) is 5.92 Å². The highest BCUT2D eigenvalue weighted by molar-refractivity contribution is 7.91. The molecule has 0 unspecified atom stereocenters.